The van der Waals surface area contributed by atoms with Gasteiger partial charge < -0.3 is 5.32 Å². The summed E-state index contributed by atoms with van der Waals surface area (Å²) in [4.78, 5) is 17.3. The zero-order valence-corrected chi connectivity index (χ0v) is 19.2. The summed E-state index contributed by atoms with van der Waals surface area (Å²) in [5, 5.41) is 12.0. The maximum absolute atomic E-state index is 12.5. The minimum atomic E-state index is -0.331. The van der Waals surface area contributed by atoms with Gasteiger partial charge in [0.2, 0.25) is 11.1 Å². The van der Waals surface area contributed by atoms with Crippen LogP contribution in [0.1, 0.15) is 38.8 Å². The molecule has 6 heteroatoms. The first-order chi connectivity index (χ1) is 14.1. The average Bonchev–Trinajstić information content (AvgIpc) is 2.68. The van der Waals surface area contributed by atoms with E-state index in [2.05, 4.69) is 53.6 Å². The van der Waals surface area contributed by atoms with Crippen LogP contribution in [0.4, 0.5) is 0 Å². The van der Waals surface area contributed by atoms with Gasteiger partial charge in [0.05, 0.1) is 5.25 Å². The molecule has 0 radical (unpaired) electrons. The van der Waals surface area contributed by atoms with Crippen molar-refractivity contribution in [2.24, 2.45) is 0 Å². The van der Waals surface area contributed by atoms with E-state index in [9.17, 15) is 4.79 Å². The molecule has 2 aromatic carbocycles. The Bertz CT molecular complexity index is 1020. The monoisotopic (exact) mass is 420 g/mol. The van der Waals surface area contributed by atoms with E-state index in [-0.39, 0.29) is 16.7 Å². The van der Waals surface area contributed by atoms with Crippen LogP contribution in [0.15, 0.2) is 53.7 Å². The highest BCUT2D eigenvalue weighted by atomic mass is 32.2. The summed E-state index contributed by atoms with van der Waals surface area (Å²) in [7, 11) is 0. The Balaban J connectivity index is 1.97. The first kappa shape index (κ1) is 22.0. The summed E-state index contributed by atoms with van der Waals surface area (Å²) >= 11 is 1.31. The van der Waals surface area contributed by atoms with Crippen molar-refractivity contribution in [3.8, 4) is 22.5 Å². The summed E-state index contributed by atoms with van der Waals surface area (Å²) in [5.74, 6) is -0.0457. The number of nitrogens with one attached hydrogen (secondary N) is 1. The molecule has 0 saturated heterocycles. The van der Waals surface area contributed by atoms with E-state index in [1.807, 2.05) is 52.0 Å². The molecule has 0 unspecified atom stereocenters. The number of carbonyl (C=O) groups is 1. The normalized spacial score (nSPS) is 12.5. The molecule has 1 N–H and O–H groups in total. The number of amides is 1. The second-order valence-electron chi connectivity index (χ2n) is 8.52. The molecule has 156 valence electrons. The van der Waals surface area contributed by atoms with E-state index in [1.54, 1.807) is 0 Å². The van der Waals surface area contributed by atoms with Gasteiger partial charge in [-0.15, -0.1) is 10.2 Å². The van der Waals surface area contributed by atoms with Crippen LogP contribution in [-0.4, -0.2) is 31.9 Å². The number of benzene rings is 2. The number of nitrogens with zero attached hydrogens (tertiary/aromatic N) is 3. The topological polar surface area (TPSA) is 67.8 Å². The van der Waals surface area contributed by atoms with Gasteiger partial charge in [-0.1, -0.05) is 71.4 Å². The van der Waals surface area contributed by atoms with Crippen LogP contribution >= 0.6 is 11.8 Å². The van der Waals surface area contributed by atoms with Gasteiger partial charge in [-0.3, -0.25) is 4.79 Å². The Morgan fingerprint density at radius 3 is 1.87 bits per heavy atom. The van der Waals surface area contributed by atoms with Crippen LogP contribution in [0.25, 0.3) is 22.5 Å². The minimum Gasteiger partial charge on any atom is -0.351 e. The third kappa shape index (κ3) is 5.66. The highest BCUT2D eigenvalue weighted by Crippen LogP contribution is 2.31. The fraction of sp³-hybridized carbons (Fsp3) is 0.333. The quantitative estimate of drug-likeness (QED) is 0.573. The molecule has 0 aliphatic carbocycles. The van der Waals surface area contributed by atoms with Crippen molar-refractivity contribution in [1.29, 1.82) is 0 Å². The number of carbonyl (C=O) groups excluding carboxylic acids is 1. The third-order valence-corrected chi connectivity index (χ3v) is 5.42. The first-order valence-electron chi connectivity index (χ1n) is 10.00. The highest BCUT2D eigenvalue weighted by molar-refractivity contribution is 8.00. The summed E-state index contributed by atoms with van der Waals surface area (Å²) in [6, 6.07) is 16.4. The minimum absolute atomic E-state index is 0.0457. The maximum Gasteiger partial charge on any atom is 0.233 e. The zero-order chi connectivity index (χ0) is 21.9. The number of hydrogen-bond donors (Lipinski definition) is 1. The fourth-order valence-electron chi connectivity index (χ4n) is 2.86. The molecule has 0 aliphatic heterocycles. The lowest BCUT2D eigenvalue weighted by molar-refractivity contribution is -0.121. The van der Waals surface area contributed by atoms with Gasteiger partial charge >= 0.3 is 0 Å². The highest BCUT2D eigenvalue weighted by Gasteiger charge is 2.22. The van der Waals surface area contributed by atoms with E-state index in [0.29, 0.717) is 5.16 Å². The summed E-state index contributed by atoms with van der Waals surface area (Å²) < 4.78 is 0. The Hall–Kier alpha value is -2.73. The van der Waals surface area contributed by atoms with E-state index < -0.39 is 0 Å². The molecular formula is C24H28N4OS. The second-order valence-corrected chi connectivity index (χ2v) is 9.83. The van der Waals surface area contributed by atoms with Crippen molar-refractivity contribution in [2.75, 3.05) is 0 Å². The lowest BCUT2D eigenvalue weighted by atomic mass is 10.0. The predicted octanol–water partition coefficient (Wildman–Crippen LogP) is 5.22. The summed E-state index contributed by atoms with van der Waals surface area (Å²) in [6.45, 7) is 11.9. The van der Waals surface area contributed by atoms with Crippen LogP contribution in [0.5, 0.6) is 0 Å². The predicted molar refractivity (Wildman–Crippen MR) is 123 cm³/mol. The SMILES string of the molecule is Cc1ccc(-c2nnc(S[C@H](C)C(=O)NC(C)(C)C)nc2-c2ccc(C)cc2)cc1. The van der Waals surface area contributed by atoms with Gasteiger partial charge in [-0.25, -0.2) is 4.98 Å². The fourth-order valence-corrected chi connectivity index (χ4v) is 3.58. The molecule has 1 aromatic heterocycles. The largest absolute Gasteiger partial charge is 0.351 e. The molecule has 0 fully saturated rings. The number of hydrogen-bond acceptors (Lipinski definition) is 5. The number of aryl methyl sites for hydroxylation is 2. The number of rotatable bonds is 5. The van der Waals surface area contributed by atoms with Gasteiger partial charge in [0.1, 0.15) is 11.4 Å². The van der Waals surface area contributed by atoms with Gasteiger partial charge in [-0.05, 0) is 41.5 Å². The molecule has 5 nitrogen and oxygen atoms in total. The molecule has 3 rings (SSSR count). The molecule has 1 heterocycles. The van der Waals surface area contributed by atoms with Crippen molar-refractivity contribution in [3.05, 3.63) is 59.7 Å². The van der Waals surface area contributed by atoms with Crippen LogP contribution < -0.4 is 5.32 Å². The lowest BCUT2D eigenvalue weighted by Gasteiger charge is -2.22. The molecule has 0 saturated carbocycles. The van der Waals surface area contributed by atoms with E-state index >= 15 is 0 Å². The average molecular weight is 421 g/mol. The second kappa shape index (κ2) is 8.96. The Morgan fingerprint density at radius 1 is 0.867 bits per heavy atom. The molecule has 30 heavy (non-hydrogen) atoms. The molecule has 1 amide bonds. The van der Waals surface area contributed by atoms with Crippen molar-refractivity contribution in [2.45, 2.75) is 57.5 Å². The Morgan fingerprint density at radius 2 is 1.37 bits per heavy atom. The maximum atomic E-state index is 12.5. The first-order valence-corrected chi connectivity index (χ1v) is 10.9. The zero-order valence-electron chi connectivity index (χ0n) is 18.4. The van der Waals surface area contributed by atoms with Crippen LogP contribution in [0, 0.1) is 13.8 Å². The Kier molecular flexibility index (Phi) is 6.56. The molecular weight excluding hydrogens is 392 g/mol. The van der Waals surface area contributed by atoms with Gasteiger partial charge in [0.25, 0.3) is 0 Å². The van der Waals surface area contributed by atoms with Crippen molar-refractivity contribution in [3.63, 3.8) is 0 Å². The van der Waals surface area contributed by atoms with Crippen molar-refractivity contribution < 1.29 is 4.79 Å². The van der Waals surface area contributed by atoms with Crippen LogP contribution in [0.3, 0.4) is 0 Å². The Labute approximate surface area is 182 Å². The van der Waals surface area contributed by atoms with Crippen molar-refractivity contribution >= 4 is 17.7 Å². The molecule has 1 atom stereocenters. The van der Waals surface area contributed by atoms with E-state index in [0.717, 1.165) is 22.5 Å². The van der Waals surface area contributed by atoms with E-state index in [1.165, 1.54) is 22.9 Å². The number of thioether (sulfide) groups is 1. The van der Waals surface area contributed by atoms with Crippen LogP contribution in [0.2, 0.25) is 0 Å². The van der Waals surface area contributed by atoms with Crippen LogP contribution in [-0.2, 0) is 4.79 Å². The standard InChI is InChI=1S/C24H28N4OS/c1-15-7-11-18(12-8-15)20-21(19-13-9-16(2)10-14-19)27-28-23(25-20)30-17(3)22(29)26-24(4,5)6/h7-14,17H,1-6H3,(H,26,29)/t17-/m1/s1. The van der Waals surface area contributed by atoms with Gasteiger partial charge in [-0.2, -0.15) is 0 Å². The summed E-state index contributed by atoms with van der Waals surface area (Å²) in [5.41, 5.74) is 5.51. The molecule has 3 aromatic rings. The van der Waals surface area contributed by atoms with Gasteiger partial charge in [0, 0.05) is 16.7 Å². The number of aromatic nitrogens is 3. The van der Waals surface area contributed by atoms with Gasteiger partial charge in [0.15, 0.2) is 0 Å². The third-order valence-electron chi connectivity index (χ3n) is 4.47. The molecule has 0 spiro atoms. The molecule has 0 aliphatic rings. The summed E-state index contributed by atoms with van der Waals surface area (Å²) in [6.07, 6.45) is 0. The smallest absolute Gasteiger partial charge is 0.233 e. The van der Waals surface area contributed by atoms with E-state index in [4.69, 9.17) is 4.98 Å². The van der Waals surface area contributed by atoms with Crippen molar-refractivity contribution in [1.82, 2.24) is 20.5 Å². The molecule has 0 bridgehead atoms. The lowest BCUT2D eigenvalue weighted by Crippen LogP contribution is -2.44.